The number of amides is 2. The van der Waals surface area contributed by atoms with Gasteiger partial charge in [0.25, 0.3) is 0 Å². The molecule has 0 saturated carbocycles. The molecule has 1 fully saturated rings. The number of hydrogen-bond donors (Lipinski definition) is 3. The molecule has 1 unspecified atom stereocenters. The maximum atomic E-state index is 11.9. The molecule has 1 aliphatic rings. The third-order valence-electron chi connectivity index (χ3n) is 3.05. The summed E-state index contributed by atoms with van der Waals surface area (Å²) in [6, 6.07) is 3.42. The van der Waals surface area contributed by atoms with Gasteiger partial charge in [-0.05, 0) is 34.5 Å². The monoisotopic (exact) mass is 376 g/mol. The van der Waals surface area contributed by atoms with Gasteiger partial charge in [0.2, 0.25) is 0 Å². The summed E-state index contributed by atoms with van der Waals surface area (Å²) in [5.41, 5.74) is 0.0712. The number of halogens is 1. The lowest BCUT2D eigenvalue weighted by Gasteiger charge is -2.14. The lowest BCUT2D eigenvalue weighted by atomic mass is 10.2. The van der Waals surface area contributed by atoms with Gasteiger partial charge in [-0.3, -0.25) is 0 Å². The maximum absolute atomic E-state index is 11.9. The Hall–Kier alpha value is -1.61. The molecule has 7 nitrogen and oxygen atoms in total. The molecule has 2 rings (SSSR count). The zero-order valence-electron chi connectivity index (χ0n) is 10.8. The average Bonchev–Trinajstić information content (AvgIpc) is 2.70. The van der Waals surface area contributed by atoms with E-state index in [0.29, 0.717) is 10.9 Å². The molecule has 1 aromatic rings. The minimum absolute atomic E-state index is 0.0490. The Morgan fingerprint density at radius 2 is 2.05 bits per heavy atom. The van der Waals surface area contributed by atoms with Crippen LogP contribution in [0.5, 0.6) is 0 Å². The van der Waals surface area contributed by atoms with Crippen LogP contribution in [-0.4, -0.2) is 43.1 Å². The van der Waals surface area contributed by atoms with Gasteiger partial charge < -0.3 is 15.7 Å². The number of carboxylic acids is 1. The number of rotatable bonds is 3. The number of carbonyl (C=O) groups is 2. The largest absolute Gasteiger partial charge is 0.478 e. The second-order valence-electron chi connectivity index (χ2n) is 4.67. The summed E-state index contributed by atoms with van der Waals surface area (Å²) < 4.78 is 23.1. The van der Waals surface area contributed by atoms with Crippen molar-refractivity contribution >= 4 is 43.5 Å². The van der Waals surface area contributed by atoms with Crippen LogP contribution in [0.25, 0.3) is 0 Å². The highest BCUT2D eigenvalue weighted by molar-refractivity contribution is 9.10. The van der Waals surface area contributed by atoms with Gasteiger partial charge in [0, 0.05) is 10.5 Å². The number of aromatic carboxylic acids is 1. The first-order chi connectivity index (χ1) is 9.78. The summed E-state index contributed by atoms with van der Waals surface area (Å²) in [6.45, 7) is 0. The molecule has 0 aliphatic carbocycles. The van der Waals surface area contributed by atoms with E-state index >= 15 is 0 Å². The molecule has 1 atom stereocenters. The molecule has 0 bridgehead atoms. The SMILES string of the molecule is O=C(Nc1c(Br)cccc1C(=O)O)NC1CCS(=O)(=O)C1. The first-order valence-corrected chi connectivity index (χ1v) is 8.70. The van der Waals surface area contributed by atoms with E-state index < -0.39 is 27.9 Å². The van der Waals surface area contributed by atoms with Crippen LogP contribution in [0.1, 0.15) is 16.8 Å². The summed E-state index contributed by atoms with van der Waals surface area (Å²) in [4.78, 5) is 23.0. The fourth-order valence-electron chi connectivity index (χ4n) is 2.07. The number of benzene rings is 1. The topological polar surface area (TPSA) is 113 Å². The number of hydrogen-bond acceptors (Lipinski definition) is 4. The van der Waals surface area contributed by atoms with E-state index in [1.54, 1.807) is 12.1 Å². The Bertz CT molecular complexity index is 689. The molecular weight excluding hydrogens is 364 g/mol. The van der Waals surface area contributed by atoms with Gasteiger partial charge in [-0.15, -0.1) is 0 Å². The van der Waals surface area contributed by atoms with Crippen LogP contribution in [-0.2, 0) is 9.84 Å². The van der Waals surface area contributed by atoms with Gasteiger partial charge in [0.15, 0.2) is 9.84 Å². The molecule has 2 amide bonds. The second-order valence-corrected chi connectivity index (χ2v) is 7.75. The van der Waals surface area contributed by atoms with E-state index in [2.05, 4.69) is 26.6 Å². The molecule has 1 saturated heterocycles. The maximum Gasteiger partial charge on any atom is 0.337 e. The molecule has 1 aliphatic heterocycles. The van der Waals surface area contributed by atoms with Crippen LogP contribution < -0.4 is 10.6 Å². The highest BCUT2D eigenvalue weighted by Gasteiger charge is 2.29. The first kappa shape index (κ1) is 15.8. The van der Waals surface area contributed by atoms with Gasteiger partial charge >= 0.3 is 12.0 Å². The third kappa shape index (κ3) is 3.94. The fraction of sp³-hybridized carbons (Fsp3) is 0.333. The van der Waals surface area contributed by atoms with Crippen molar-refractivity contribution in [2.24, 2.45) is 0 Å². The van der Waals surface area contributed by atoms with Crippen LogP contribution in [0.15, 0.2) is 22.7 Å². The standard InChI is InChI=1S/C12H13BrN2O5S/c13-9-3-1-2-8(11(16)17)10(9)15-12(18)14-7-4-5-21(19,20)6-7/h1-3,7H,4-6H2,(H,16,17)(H2,14,15,18). The predicted molar refractivity (Wildman–Crippen MR) is 80.3 cm³/mol. The summed E-state index contributed by atoms with van der Waals surface area (Å²) in [5, 5.41) is 14.1. The van der Waals surface area contributed by atoms with Crippen molar-refractivity contribution in [3.63, 3.8) is 0 Å². The number of urea groups is 1. The molecule has 1 aromatic carbocycles. The number of carbonyl (C=O) groups excluding carboxylic acids is 1. The molecule has 0 radical (unpaired) electrons. The normalized spacial score (nSPS) is 20.0. The smallest absolute Gasteiger partial charge is 0.337 e. The summed E-state index contributed by atoms with van der Waals surface area (Å²) in [7, 11) is -3.09. The van der Waals surface area contributed by atoms with Crippen molar-refractivity contribution in [1.29, 1.82) is 0 Å². The summed E-state index contributed by atoms with van der Waals surface area (Å²) in [6.07, 6.45) is 0.359. The molecular formula is C12H13BrN2O5S. The van der Waals surface area contributed by atoms with Crippen molar-refractivity contribution in [2.45, 2.75) is 12.5 Å². The predicted octanol–water partition coefficient (Wildman–Crippen LogP) is 1.46. The van der Waals surface area contributed by atoms with E-state index in [0.717, 1.165) is 0 Å². The number of anilines is 1. The lowest BCUT2D eigenvalue weighted by Crippen LogP contribution is -2.38. The van der Waals surface area contributed by atoms with E-state index in [9.17, 15) is 18.0 Å². The van der Waals surface area contributed by atoms with Crippen LogP contribution >= 0.6 is 15.9 Å². The Labute approximate surface area is 129 Å². The number of para-hydroxylation sites is 1. The fourth-order valence-corrected chi connectivity index (χ4v) is 4.21. The average molecular weight is 377 g/mol. The third-order valence-corrected chi connectivity index (χ3v) is 5.48. The Morgan fingerprint density at radius 3 is 2.62 bits per heavy atom. The van der Waals surface area contributed by atoms with Gasteiger partial charge in [0.1, 0.15) is 0 Å². The zero-order chi connectivity index (χ0) is 15.6. The lowest BCUT2D eigenvalue weighted by molar-refractivity contribution is 0.0698. The molecule has 1 heterocycles. The Balaban J connectivity index is 2.09. The van der Waals surface area contributed by atoms with Gasteiger partial charge in [0.05, 0.1) is 22.8 Å². The quantitative estimate of drug-likeness (QED) is 0.738. The molecule has 0 spiro atoms. The minimum Gasteiger partial charge on any atom is -0.478 e. The van der Waals surface area contributed by atoms with Crippen LogP contribution in [0.4, 0.5) is 10.5 Å². The van der Waals surface area contributed by atoms with Crippen molar-refractivity contribution in [2.75, 3.05) is 16.8 Å². The first-order valence-electron chi connectivity index (χ1n) is 6.08. The number of nitrogens with one attached hydrogen (secondary N) is 2. The van der Waals surface area contributed by atoms with E-state index in [1.807, 2.05) is 0 Å². The number of carboxylic acid groups (broad SMARTS) is 1. The zero-order valence-corrected chi connectivity index (χ0v) is 13.2. The van der Waals surface area contributed by atoms with E-state index in [1.165, 1.54) is 6.07 Å². The summed E-state index contributed by atoms with van der Waals surface area (Å²) >= 11 is 3.17. The minimum atomic E-state index is -3.09. The van der Waals surface area contributed by atoms with Gasteiger partial charge in [-0.25, -0.2) is 18.0 Å². The van der Waals surface area contributed by atoms with Gasteiger partial charge in [-0.2, -0.15) is 0 Å². The van der Waals surface area contributed by atoms with Crippen LogP contribution in [0.2, 0.25) is 0 Å². The Morgan fingerprint density at radius 1 is 1.33 bits per heavy atom. The number of sulfone groups is 1. The molecule has 0 aromatic heterocycles. The molecule has 9 heteroatoms. The highest BCUT2D eigenvalue weighted by Crippen LogP contribution is 2.26. The van der Waals surface area contributed by atoms with Crippen LogP contribution in [0, 0.1) is 0 Å². The molecule has 114 valence electrons. The van der Waals surface area contributed by atoms with Crippen LogP contribution in [0.3, 0.4) is 0 Å². The van der Waals surface area contributed by atoms with Crippen molar-refractivity contribution < 1.29 is 23.1 Å². The van der Waals surface area contributed by atoms with E-state index in [4.69, 9.17) is 5.11 Å². The molecule has 3 N–H and O–H groups in total. The van der Waals surface area contributed by atoms with Crippen molar-refractivity contribution in [3.05, 3.63) is 28.2 Å². The highest BCUT2D eigenvalue weighted by atomic mass is 79.9. The second kappa shape index (κ2) is 6.02. The van der Waals surface area contributed by atoms with E-state index in [-0.39, 0.29) is 22.8 Å². The van der Waals surface area contributed by atoms with Crippen molar-refractivity contribution in [1.82, 2.24) is 5.32 Å². The Kier molecular flexibility index (Phi) is 4.52. The summed E-state index contributed by atoms with van der Waals surface area (Å²) in [5.74, 6) is -1.22. The van der Waals surface area contributed by atoms with Gasteiger partial charge in [-0.1, -0.05) is 6.07 Å². The molecule has 21 heavy (non-hydrogen) atoms. The van der Waals surface area contributed by atoms with Crippen molar-refractivity contribution in [3.8, 4) is 0 Å².